The minimum absolute atomic E-state index is 0.235. The highest BCUT2D eigenvalue weighted by Crippen LogP contribution is 2.37. The van der Waals surface area contributed by atoms with Gasteiger partial charge in [0.1, 0.15) is 5.75 Å². The van der Waals surface area contributed by atoms with Gasteiger partial charge >= 0.3 is 0 Å². The number of benzene rings is 3. The minimum Gasteiger partial charge on any atom is -0.497 e. The molecule has 1 atom stereocenters. The summed E-state index contributed by atoms with van der Waals surface area (Å²) >= 11 is 0. The molecule has 1 heteroatoms. The summed E-state index contributed by atoms with van der Waals surface area (Å²) in [7, 11) is 1.71. The quantitative estimate of drug-likeness (QED) is 0.553. The van der Waals surface area contributed by atoms with Crippen LogP contribution in [0.4, 0.5) is 0 Å². The summed E-state index contributed by atoms with van der Waals surface area (Å²) in [4.78, 5) is 0. The molecule has 0 bridgehead atoms. The molecule has 0 aromatic heterocycles. The van der Waals surface area contributed by atoms with Crippen LogP contribution < -0.4 is 4.74 Å². The van der Waals surface area contributed by atoms with Crippen LogP contribution in [0, 0.1) is 20.8 Å². The second kappa shape index (κ2) is 6.92. The number of hydrogen-bond acceptors (Lipinski definition) is 1. The van der Waals surface area contributed by atoms with Gasteiger partial charge in [-0.1, -0.05) is 54.6 Å². The molecule has 1 unspecified atom stereocenters. The van der Waals surface area contributed by atoms with Crippen molar-refractivity contribution in [1.29, 1.82) is 0 Å². The van der Waals surface area contributed by atoms with Crippen molar-refractivity contribution in [2.45, 2.75) is 26.7 Å². The summed E-state index contributed by atoms with van der Waals surface area (Å²) in [5.74, 6) is 1.13. The molecular weight excluding hydrogens is 292 g/mol. The first kappa shape index (κ1) is 16.3. The van der Waals surface area contributed by atoms with Gasteiger partial charge in [0.2, 0.25) is 0 Å². The number of rotatable bonds is 4. The first-order chi connectivity index (χ1) is 11.6. The van der Waals surface area contributed by atoms with E-state index in [0.29, 0.717) is 0 Å². The van der Waals surface area contributed by atoms with Crippen molar-refractivity contribution >= 4 is 0 Å². The van der Waals surface area contributed by atoms with E-state index >= 15 is 0 Å². The second-order valence-electron chi connectivity index (χ2n) is 6.37. The van der Waals surface area contributed by atoms with Gasteiger partial charge < -0.3 is 4.74 Å². The molecule has 3 rings (SSSR count). The lowest BCUT2D eigenvalue weighted by atomic mass is 9.79. The van der Waals surface area contributed by atoms with E-state index in [4.69, 9.17) is 4.74 Å². The first-order valence-corrected chi connectivity index (χ1v) is 8.37. The van der Waals surface area contributed by atoms with Crippen LogP contribution in [0.5, 0.6) is 5.75 Å². The van der Waals surface area contributed by atoms with Crippen molar-refractivity contribution in [3.05, 3.63) is 100 Å². The molecule has 0 spiro atoms. The zero-order valence-electron chi connectivity index (χ0n) is 14.8. The molecule has 0 saturated carbocycles. The van der Waals surface area contributed by atoms with Crippen molar-refractivity contribution in [1.82, 2.24) is 0 Å². The predicted molar refractivity (Wildman–Crippen MR) is 101 cm³/mol. The van der Waals surface area contributed by atoms with Crippen LogP contribution >= 0.6 is 0 Å². The molecule has 0 N–H and O–H groups in total. The first-order valence-electron chi connectivity index (χ1n) is 8.37. The van der Waals surface area contributed by atoms with Gasteiger partial charge in [0.15, 0.2) is 0 Å². The van der Waals surface area contributed by atoms with Crippen molar-refractivity contribution < 1.29 is 4.74 Å². The fourth-order valence-electron chi connectivity index (χ4n) is 3.49. The van der Waals surface area contributed by atoms with Crippen molar-refractivity contribution in [2.75, 3.05) is 7.11 Å². The summed E-state index contributed by atoms with van der Waals surface area (Å²) in [5.41, 5.74) is 8.04. The van der Waals surface area contributed by atoms with Crippen LogP contribution in [-0.2, 0) is 0 Å². The highest BCUT2D eigenvalue weighted by Gasteiger charge is 2.21. The maximum Gasteiger partial charge on any atom is 0.118 e. The maximum atomic E-state index is 5.33. The molecular formula is C23H24O. The molecule has 0 heterocycles. The molecule has 24 heavy (non-hydrogen) atoms. The highest BCUT2D eigenvalue weighted by atomic mass is 16.5. The smallest absolute Gasteiger partial charge is 0.118 e. The van der Waals surface area contributed by atoms with E-state index < -0.39 is 0 Å². The average Bonchev–Trinajstić information content (AvgIpc) is 2.59. The fourth-order valence-corrected chi connectivity index (χ4v) is 3.49. The number of aryl methyl sites for hydroxylation is 3. The Balaban J connectivity index is 2.23. The zero-order chi connectivity index (χ0) is 17.1. The Kier molecular flexibility index (Phi) is 4.71. The molecule has 0 aliphatic heterocycles. The van der Waals surface area contributed by atoms with E-state index in [0.717, 1.165) is 5.75 Å². The van der Waals surface area contributed by atoms with Gasteiger partial charge in [0.25, 0.3) is 0 Å². The molecule has 122 valence electrons. The van der Waals surface area contributed by atoms with E-state index in [9.17, 15) is 0 Å². The van der Waals surface area contributed by atoms with Crippen molar-refractivity contribution in [3.8, 4) is 5.75 Å². The van der Waals surface area contributed by atoms with Crippen LogP contribution in [0.2, 0.25) is 0 Å². The number of hydrogen-bond donors (Lipinski definition) is 0. The lowest BCUT2D eigenvalue weighted by Gasteiger charge is -2.24. The minimum atomic E-state index is 0.235. The van der Waals surface area contributed by atoms with Gasteiger partial charge in [-0.2, -0.15) is 0 Å². The third-order valence-corrected chi connectivity index (χ3v) is 4.78. The Morgan fingerprint density at radius 3 is 1.83 bits per heavy atom. The van der Waals surface area contributed by atoms with Gasteiger partial charge in [-0.15, -0.1) is 0 Å². The summed E-state index contributed by atoms with van der Waals surface area (Å²) < 4.78 is 5.33. The van der Waals surface area contributed by atoms with Crippen LogP contribution in [0.1, 0.15) is 39.3 Å². The van der Waals surface area contributed by atoms with Crippen molar-refractivity contribution in [3.63, 3.8) is 0 Å². The Morgan fingerprint density at radius 1 is 0.667 bits per heavy atom. The fraction of sp³-hybridized carbons (Fsp3) is 0.217. The van der Waals surface area contributed by atoms with E-state index in [1.807, 2.05) is 12.1 Å². The summed E-state index contributed by atoms with van der Waals surface area (Å²) in [6, 6.07) is 23.7. The topological polar surface area (TPSA) is 9.23 Å². The van der Waals surface area contributed by atoms with E-state index in [-0.39, 0.29) is 5.92 Å². The Hall–Kier alpha value is -2.54. The summed E-state index contributed by atoms with van der Waals surface area (Å²) in [5, 5.41) is 0. The molecule has 0 aliphatic rings. The Labute approximate surface area is 144 Å². The second-order valence-corrected chi connectivity index (χ2v) is 6.37. The van der Waals surface area contributed by atoms with Gasteiger partial charge in [-0.3, -0.25) is 0 Å². The summed E-state index contributed by atoms with van der Waals surface area (Å²) in [6.45, 7) is 6.60. The van der Waals surface area contributed by atoms with E-state index in [1.54, 1.807) is 7.11 Å². The van der Waals surface area contributed by atoms with E-state index in [1.165, 1.54) is 33.4 Å². The predicted octanol–water partition coefficient (Wildman–Crippen LogP) is 5.80. The lowest BCUT2D eigenvalue weighted by Crippen LogP contribution is -2.09. The third kappa shape index (κ3) is 3.07. The Bertz CT molecular complexity index is 811. The van der Waals surface area contributed by atoms with Gasteiger partial charge in [0, 0.05) is 5.92 Å². The van der Waals surface area contributed by atoms with Gasteiger partial charge in [-0.25, -0.2) is 0 Å². The highest BCUT2D eigenvalue weighted by molar-refractivity contribution is 5.51. The zero-order valence-corrected chi connectivity index (χ0v) is 14.8. The molecule has 0 amide bonds. The van der Waals surface area contributed by atoms with Crippen LogP contribution in [-0.4, -0.2) is 7.11 Å². The number of methoxy groups -OCH3 is 1. The standard InChI is InChI=1S/C23H24O/c1-16-8-5-6-11-21(16)23(19-12-14-20(24-4)15-13-19)22-17(2)9-7-10-18(22)3/h5-15,23H,1-4H3. The molecule has 3 aromatic carbocycles. The summed E-state index contributed by atoms with van der Waals surface area (Å²) in [6.07, 6.45) is 0. The molecule has 0 saturated heterocycles. The van der Waals surface area contributed by atoms with Crippen LogP contribution in [0.25, 0.3) is 0 Å². The van der Waals surface area contributed by atoms with Crippen molar-refractivity contribution in [2.24, 2.45) is 0 Å². The molecule has 3 aromatic rings. The Morgan fingerprint density at radius 2 is 1.25 bits per heavy atom. The number of ether oxygens (including phenoxy) is 1. The van der Waals surface area contributed by atoms with Gasteiger partial charge in [0.05, 0.1) is 7.11 Å². The third-order valence-electron chi connectivity index (χ3n) is 4.78. The molecule has 0 aliphatic carbocycles. The molecule has 0 fully saturated rings. The molecule has 1 nitrogen and oxygen atoms in total. The molecule has 0 radical (unpaired) electrons. The maximum absolute atomic E-state index is 5.33. The van der Waals surface area contributed by atoms with Crippen LogP contribution in [0.15, 0.2) is 66.7 Å². The normalized spacial score (nSPS) is 12.0. The van der Waals surface area contributed by atoms with Gasteiger partial charge in [-0.05, 0) is 66.3 Å². The monoisotopic (exact) mass is 316 g/mol. The van der Waals surface area contributed by atoms with E-state index in [2.05, 4.69) is 75.4 Å². The van der Waals surface area contributed by atoms with Crippen LogP contribution in [0.3, 0.4) is 0 Å². The SMILES string of the molecule is COc1ccc(C(c2ccccc2C)c2c(C)cccc2C)cc1. The largest absolute Gasteiger partial charge is 0.497 e. The lowest BCUT2D eigenvalue weighted by molar-refractivity contribution is 0.414. The average molecular weight is 316 g/mol.